The highest BCUT2D eigenvalue weighted by Gasteiger charge is 2.09. The molecule has 2 nitrogen and oxygen atoms in total. The summed E-state index contributed by atoms with van der Waals surface area (Å²) in [6.07, 6.45) is 0. The van der Waals surface area contributed by atoms with Crippen molar-refractivity contribution >= 4 is 22.1 Å². The first-order chi connectivity index (χ1) is 11.1. The molecule has 0 aliphatic carbocycles. The van der Waals surface area contributed by atoms with Crippen LogP contribution in [0, 0.1) is 11.6 Å². The van der Waals surface area contributed by atoms with Gasteiger partial charge in [-0.1, -0.05) is 12.1 Å². The molecule has 0 fully saturated rings. The Labute approximate surface area is 139 Å². The summed E-state index contributed by atoms with van der Waals surface area (Å²) in [4.78, 5) is 4.44. The van der Waals surface area contributed by atoms with E-state index < -0.39 is 10.8 Å². The van der Waals surface area contributed by atoms with E-state index in [0.717, 1.165) is 16.3 Å². The third-order valence-corrected chi connectivity index (χ3v) is 5.38. The second-order valence-corrected chi connectivity index (χ2v) is 7.32. The Kier molecular flexibility index (Phi) is 4.93. The Balaban J connectivity index is 1.66. The molecule has 0 amide bonds. The van der Waals surface area contributed by atoms with Crippen molar-refractivity contribution < 1.29 is 13.0 Å². The zero-order chi connectivity index (χ0) is 16.2. The van der Waals surface area contributed by atoms with Crippen LogP contribution < -0.4 is 0 Å². The van der Waals surface area contributed by atoms with E-state index in [2.05, 4.69) is 4.98 Å². The van der Waals surface area contributed by atoms with Gasteiger partial charge in [-0.25, -0.2) is 13.8 Å². The quantitative estimate of drug-likeness (QED) is 0.677. The maximum absolute atomic E-state index is 13.1. The van der Waals surface area contributed by atoms with Gasteiger partial charge in [-0.3, -0.25) is 4.21 Å². The minimum Gasteiger partial charge on any atom is -0.259 e. The summed E-state index contributed by atoms with van der Waals surface area (Å²) in [5, 5.41) is 2.62. The lowest BCUT2D eigenvalue weighted by Crippen LogP contribution is -2.00. The molecule has 2 aromatic carbocycles. The summed E-state index contributed by atoms with van der Waals surface area (Å²) < 4.78 is 38.2. The van der Waals surface area contributed by atoms with Gasteiger partial charge in [0.25, 0.3) is 0 Å². The molecule has 118 valence electrons. The summed E-state index contributed by atoms with van der Waals surface area (Å²) in [5.41, 5.74) is 2.26. The number of thiazole rings is 1. The number of nitrogens with zero attached hydrogens (tertiary/aromatic N) is 1. The molecule has 0 spiro atoms. The molecule has 1 aromatic heterocycles. The van der Waals surface area contributed by atoms with Gasteiger partial charge in [0.2, 0.25) is 0 Å². The van der Waals surface area contributed by atoms with Crippen LogP contribution in [-0.4, -0.2) is 9.19 Å². The Hall–Kier alpha value is -1.92. The van der Waals surface area contributed by atoms with Gasteiger partial charge in [0.05, 0.1) is 11.4 Å². The van der Waals surface area contributed by atoms with Crippen LogP contribution in [0.3, 0.4) is 0 Å². The van der Waals surface area contributed by atoms with Gasteiger partial charge in [-0.15, -0.1) is 11.3 Å². The molecule has 1 atom stereocenters. The SMILES string of the molecule is O=S(Cc1cccc(F)c1)Cc1csc(-c2ccc(F)cc2)n1. The summed E-state index contributed by atoms with van der Waals surface area (Å²) in [7, 11) is -1.16. The van der Waals surface area contributed by atoms with Crippen molar-refractivity contribution in [1.82, 2.24) is 4.98 Å². The predicted molar refractivity (Wildman–Crippen MR) is 89.5 cm³/mol. The molecule has 23 heavy (non-hydrogen) atoms. The third-order valence-electron chi connectivity index (χ3n) is 3.17. The average Bonchev–Trinajstić information content (AvgIpc) is 2.96. The number of halogens is 2. The molecule has 0 saturated heterocycles. The van der Waals surface area contributed by atoms with Crippen molar-refractivity contribution in [2.45, 2.75) is 11.5 Å². The van der Waals surface area contributed by atoms with Crippen LogP contribution in [0.5, 0.6) is 0 Å². The zero-order valence-corrected chi connectivity index (χ0v) is 13.7. The Morgan fingerprint density at radius 3 is 2.52 bits per heavy atom. The standard InChI is InChI=1S/C17H13F2NOS2/c18-14-6-4-13(5-7-14)17-20-16(9-22-17)11-23(21)10-12-2-1-3-15(19)8-12/h1-9H,10-11H2. The molecule has 1 unspecified atom stereocenters. The van der Waals surface area contributed by atoms with E-state index >= 15 is 0 Å². The molecular formula is C17H13F2NOS2. The molecule has 3 rings (SSSR count). The Bertz CT molecular complexity index is 831. The maximum atomic E-state index is 13.1. The normalized spacial score (nSPS) is 12.3. The van der Waals surface area contributed by atoms with Gasteiger partial charge in [0, 0.05) is 27.5 Å². The molecular weight excluding hydrogens is 336 g/mol. The largest absolute Gasteiger partial charge is 0.259 e. The van der Waals surface area contributed by atoms with Crippen LogP contribution in [0.1, 0.15) is 11.3 Å². The highest BCUT2D eigenvalue weighted by atomic mass is 32.2. The molecule has 0 aliphatic heterocycles. The second-order valence-electron chi connectivity index (χ2n) is 5.01. The van der Waals surface area contributed by atoms with Crippen LogP contribution in [-0.2, 0) is 22.3 Å². The van der Waals surface area contributed by atoms with Crippen molar-refractivity contribution in [2.75, 3.05) is 0 Å². The maximum Gasteiger partial charge on any atom is 0.123 e. The fourth-order valence-corrected chi connectivity index (χ4v) is 4.19. The first-order valence-corrected chi connectivity index (χ1v) is 9.27. The Morgan fingerprint density at radius 2 is 1.78 bits per heavy atom. The fourth-order valence-electron chi connectivity index (χ4n) is 2.13. The van der Waals surface area contributed by atoms with E-state index in [4.69, 9.17) is 0 Å². The zero-order valence-electron chi connectivity index (χ0n) is 12.0. The third kappa shape index (κ3) is 4.30. The molecule has 0 saturated carbocycles. The molecule has 6 heteroatoms. The van der Waals surface area contributed by atoms with E-state index in [1.807, 2.05) is 5.38 Å². The second kappa shape index (κ2) is 7.10. The van der Waals surface area contributed by atoms with Crippen molar-refractivity contribution in [3.8, 4) is 10.6 Å². The van der Waals surface area contributed by atoms with Crippen LogP contribution in [0.15, 0.2) is 53.9 Å². The number of hydrogen-bond donors (Lipinski definition) is 0. The van der Waals surface area contributed by atoms with Crippen LogP contribution in [0.2, 0.25) is 0 Å². The fraction of sp³-hybridized carbons (Fsp3) is 0.118. The monoisotopic (exact) mass is 349 g/mol. The smallest absolute Gasteiger partial charge is 0.123 e. The number of benzene rings is 2. The predicted octanol–water partition coefficient (Wildman–Crippen LogP) is 4.54. The van der Waals surface area contributed by atoms with Crippen molar-refractivity contribution in [2.24, 2.45) is 0 Å². The van der Waals surface area contributed by atoms with Gasteiger partial charge in [0.1, 0.15) is 16.6 Å². The van der Waals surface area contributed by atoms with Gasteiger partial charge in [-0.2, -0.15) is 0 Å². The highest BCUT2D eigenvalue weighted by molar-refractivity contribution is 7.83. The molecule has 1 heterocycles. The number of aromatic nitrogens is 1. The molecule has 0 N–H and O–H groups in total. The summed E-state index contributed by atoms with van der Waals surface area (Å²) >= 11 is 1.43. The lowest BCUT2D eigenvalue weighted by Gasteiger charge is -2.01. The molecule has 0 bridgehead atoms. The summed E-state index contributed by atoms with van der Waals surface area (Å²) in [6, 6.07) is 12.2. The van der Waals surface area contributed by atoms with Gasteiger partial charge in [-0.05, 0) is 42.0 Å². The average molecular weight is 349 g/mol. The van der Waals surface area contributed by atoms with E-state index in [-0.39, 0.29) is 11.6 Å². The minimum atomic E-state index is -1.16. The van der Waals surface area contributed by atoms with Crippen LogP contribution in [0.25, 0.3) is 10.6 Å². The lowest BCUT2D eigenvalue weighted by molar-refractivity contribution is 0.626. The highest BCUT2D eigenvalue weighted by Crippen LogP contribution is 2.24. The molecule has 0 aliphatic rings. The van der Waals surface area contributed by atoms with E-state index in [0.29, 0.717) is 17.1 Å². The number of hydrogen-bond acceptors (Lipinski definition) is 3. The van der Waals surface area contributed by atoms with E-state index in [1.165, 1.54) is 35.6 Å². The molecule has 0 radical (unpaired) electrons. The number of rotatable bonds is 5. The summed E-state index contributed by atoms with van der Waals surface area (Å²) in [6.45, 7) is 0. The van der Waals surface area contributed by atoms with Crippen molar-refractivity contribution in [3.63, 3.8) is 0 Å². The Morgan fingerprint density at radius 1 is 1.00 bits per heavy atom. The first kappa shape index (κ1) is 16.0. The van der Waals surface area contributed by atoms with E-state index in [9.17, 15) is 13.0 Å². The van der Waals surface area contributed by atoms with Gasteiger partial charge < -0.3 is 0 Å². The summed E-state index contributed by atoms with van der Waals surface area (Å²) in [5.74, 6) is -0.0106. The van der Waals surface area contributed by atoms with Crippen molar-refractivity contribution in [1.29, 1.82) is 0 Å². The van der Waals surface area contributed by atoms with E-state index in [1.54, 1.807) is 24.3 Å². The minimum absolute atomic E-state index is 0.290. The van der Waals surface area contributed by atoms with Crippen molar-refractivity contribution in [3.05, 3.63) is 76.8 Å². The van der Waals surface area contributed by atoms with Crippen LogP contribution in [0.4, 0.5) is 8.78 Å². The first-order valence-electron chi connectivity index (χ1n) is 6.90. The van der Waals surface area contributed by atoms with Crippen LogP contribution >= 0.6 is 11.3 Å². The van der Waals surface area contributed by atoms with Gasteiger partial charge in [0.15, 0.2) is 0 Å². The van der Waals surface area contributed by atoms with Gasteiger partial charge >= 0.3 is 0 Å². The topological polar surface area (TPSA) is 30.0 Å². The lowest BCUT2D eigenvalue weighted by atomic mass is 10.2. The molecule has 3 aromatic rings.